The molecular weight excluding hydrogens is 178 g/mol. The number of aryl methyl sites for hydroxylation is 1. The van der Waals surface area contributed by atoms with Gasteiger partial charge in [0.25, 0.3) is 0 Å². The standard InChI is InChI=1S/C10H15N3O/c1-8-9(3-2-5-13-8)7-12-6-4-10(11)14/h2-3,5,12H,4,6-7H2,1H3,(H2,11,14). The van der Waals surface area contributed by atoms with E-state index in [4.69, 9.17) is 5.73 Å². The number of nitrogens with one attached hydrogen (secondary N) is 1. The average molecular weight is 193 g/mol. The van der Waals surface area contributed by atoms with Gasteiger partial charge in [0.15, 0.2) is 0 Å². The SMILES string of the molecule is Cc1ncccc1CNCCC(N)=O. The molecule has 0 atom stereocenters. The Bertz CT molecular complexity index is 312. The van der Waals surface area contributed by atoms with Crippen molar-refractivity contribution in [2.24, 2.45) is 5.73 Å². The van der Waals surface area contributed by atoms with E-state index in [2.05, 4.69) is 10.3 Å². The number of nitrogens with two attached hydrogens (primary N) is 1. The lowest BCUT2D eigenvalue weighted by molar-refractivity contribution is -0.117. The summed E-state index contributed by atoms with van der Waals surface area (Å²) >= 11 is 0. The molecular formula is C10H15N3O. The molecule has 1 amide bonds. The Morgan fingerprint density at radius 1 is 1.64 bits per heavy atom. The van der Waals surface area contributed by atoms with Crippen LogP contribution >= 0.6 is 0 Å². The smallest absolute Gasteiger partial charge is 0.218 e. The zero-order valence-corrected chi connectivity index (χ0v) is 8.29. The van der Waals surface area contributed by atoms with Gasteiger partial charge in [-0.05, 0) is 18.6 Å². The minimum absolute atomic E-state index is 0.277. The maximum atomic E-state index is 10.4. The number of nitrogens with zero attached hydrogens (tertiary/aromatic N) is 1. The quantitative estimate of drug-likeness (QED) is 0.663. The molecule has 0 unspecified atom stereocenters. The minimum atomic E-state index is -0.277. The summed E-state index contributed by atoms with van der Waals surface area (Å²) in [5, 5.41) is 3.13. The number of primary amides is 1. The number of amides is 1. The summed E-state index contributed by atoms with van der Waals surface area (Å²) in [6, 6.07) is 3.91. The highest BCUT2D eigenvalue weighted by atomic mass is 16.1. The second-order valence-electron chi connectivity index (χ2n) is 3.14. The van der Waals surface area contributed by atoms with Crippen molar-refractivity contribution in [1.82, 2.24) is 10.3 Å². The summed E-state index contributed by atoms with van der Waals surface area (Å²) in [6.07, 6.45) is 2.14. The molecule has 1 aromatic heterocycles. The predicted molar refractivity (Wildman–Crippen MR) is 54.5 cm³/mol. The van der Waals surface area contributed by atoms with E-state index in [0.29, 0.717) is 13.0 Å². The first-order valence-electron chi connectivity index (χ1n) is 4.59. The van der Waals surface area contributed by atoms with Gasteiger partial charge in [0.2, 0.25) is 5.91 Å². The molecule has 0 aliphatic heterocycles. The molecule has 0 aliphatic rings. The summed E-state index contributed by atoms with van der Waals surface area (Å²) in [5.74, 6) is -0.277. The number of pyridine rings is 1. The van der Waals surface area contributed by atoms with Crippen LogP contribution in [0.1, 0.15) is 17.7 Å². The molecule has 4 heteroatoms. The van der Waals surface area contributed by atoms with Crippen LogP contribution in [0.5, 0.6) is 0 Å². The number of carbonyl (C=O) groups excluding carboxylic acids is 1. The molecule has 0 spiro atoms. The third-order valence-corrected chi connectivity index (χ3v) is 1.98. The van der Waals surface area contributed by atoms with Gasteiger partial charge < -0.3 is 11.1 Å². The molecule has 1 heterocycles. The maximum absolute atomic E-state index is 10.4. The summed E-state index contributed by atoms with van der Waals surface area (Å²) in [6.45, 7) is 3.31. The molecule has 0 fully saturated rings. The fraction of sp³-hybridized carbons (Fsp3) is 0.400. The van der Waals surface area contributed by atoms with E-state index in [1.165, 1.54) is 0 Å². The van der Waals surface area contributed by atoms with Gasteiger partial charge in [0, 0.05) is 31.4 Å². The van der Waals surface area contributed by atoms with E-state index in [0.717, 1.165) is 17.8 Å². The minimum Gasteiger partial charge on any atom is -0.370 e. The molecule has 0 bridgehead atoms. The van der Waals surface area contributed by atoms with Crippen molar-refractivity contribution in [3.63, 3.8) is 0 Å². The summed E-state index contributed by atoms with van der Waals surface area (Å²) in [5.41, 5.74) is 7.17. The van der Waals surface area contributed by atoms with E-state index in [1.807, 2.05) is 19.1 Å². The van der Waals surface area contributed by atoms with E-state index in [-0.39, 0.29) is 5.91 Å². The normalized spacial score (nSPS) is 10.1. The number of carbonyl (C=O) groups is 1. The lowest BCUT2D eigenvalue weighted by atomic mass is 10.2. The van der Waals surface area contributed by atoms with Crippen LogP contribution in [0.15, 0.2) is 18.3 Å². The highest BCUT2D eigenvalue weighted by Crippen LogP contribution is 2.02. The van der Waals surface area contributed by atoms with Crippen molar-refractivity contribution >= 4 is 5.91 Å². The van der Waals surface area contributed by atoms with Crippen LogP contribution in [0, 0.1) is 6.92 Å². The second-order valence-corrected chi connectivity index (χ2v) is 3.14. The van der Waals surface area contributed by atoms with Crippen molar-refractivity contribution in [3.8, 4) is 0 Å². The molecule has 1 aromatic rings. The fourth-order valence-corrected chi connectivity index (χ4v) is 1.14. The Morgan fingerprint density at radius 2 is 2.43 bits per heavy atom. The van der Waals surface area contributed by atoms with E-state index in [1.54, 1.807) is 6.20 Å². The molecule has 76 valence electrons. The topological polar surface area (TPSA) is 68.0 Å². The second kappa shape index (κ2) is 5.34. The van der Waals surface area contributed by atoms with Crippen LogP contribution in [-0.2, 0) is 11.3 Å². The molecule has 0 radical (unpaired) electrons. The van der Waals surface area contributed by atoms with Crippen LogP contribution in [0.2, 0.25) is 0 Å². The van der Waals surface area contributed by atoms with Crippen molar-refractivity contribution in [1.29, 1.82) is 0 Å². The van der Waals surface area contributed by atoms with Crippen molar-refractivity contribution in [3.05, 3.63) is 29.6 Å². The van der Waals surface area contributed by atoms with Crippen molar-refractivity contribution in [2.45, 2.75) is 19.9 Å². The van der Waals surface area contributed by atoms with Crippen LogP contribution in [0.3, 0.4) is 0 Å². The van der Waals surface area contributed by atoms with Gasteiger partial charge >= 0.3 is 0 Å². The van der Waals surface area contributed by atoms with Crippen molar-refractivity contribution in [2.75, 3.05) is 6.54 Å². The van der Waals surface area contributed by atoms with Crippen LogP contribution in [0.4, 0.5) is 0 Å². The molecule has 0 aliphatic carbocycles. The van der Waals surface area contributed by atoms with E-state index in [9.17, 15) is 4.79 Å². The first kappa shape index (κ1) is 10.7. The highest BCUT2D eigenvalue weighted by Gasteiger charge is 1.98. The third-order valence-electron chi connectivity index (χ3n) is 1.98. The number of hydrogen-bond acceptors (Lipinski definition) is 3. The predicted octanol–water partition coefficient (Wildman–Crippen LogP) is 0.355. The number of hydrogen-bond donors (Lipinski definition) is 2. The van der Waals surface area contributed by atoms with Gasteiger partial charge in [-0.15, -0.1) is 0 Å². The number of aromatic nitrogens is 1. The maximum Gasteiger partial charge on any atom is 0.218 e. The van der Waals surface area contributed by atoms with Crippen LogP contribution in [-0.4, -0.2) is 17.4 Å². The molecule has 14 heavy (non-hydrogen) atoms. The largest absolute Gasteiger partial charge is 0.370 e. The molecule has 0 aromatic carbocycles. The van der Waals surface area contributed by atoms with E-state index >= 15 is 0 Å². The molecule has 1 rings (SSSR count). The summed E-state index contributed by atoms with van der Waals surface area (Å²) < 4.78 is 0. The highest BCUT2D eigenvalue weighted by molar-refractivity contribution is 5.73. The average Bonchev–Trinajstić information content (AvgIpc) is 2.15. The zero-order chi connectivity index (χ0) is 10.4. The molecule has 4 nitrogen and oxygen atoms in total. The zero-order valence-electron chi connectivity index (χ0n) is 8.29. The first-order valence-corrected chi connectivity index (χ1v) is 4.59. The van der Waals surface area contributed by atoms with Gasteiger partial charge in [-0.25, -0.2) is 0 Å². The fourth-order valence-electron chi connectivity index (χ4n) is 1.14. The van der Waals surface area contributed by atoms with E-state index < -0.39 is 0 Å². The lowest BCUT2D eigenvalue weighted by Gasteiger charge is -2.05. The summed E-state index contributed by atoms with van der Waals surface area (Å²) in [7, 11) is 0. The Hall–Kier alpha value is -1.42. The Balaban J connectivity index is 2.31. The molecule has 0 saturated carbocycles. The monoisotopic (exact) mass is 193 g/mol. The lowest BCUT2D eigenvalue weighted by Crippen LogP contribution is -2.22. The van der Waals surface area contributed by atoms with Gasteiger partial charge in [-0.1, -0.05) is 6.07 Å². The summed E-state index contributed by atoms with van der Waals surface area (Å²) in [4.78, 5) is 14.6. The molecule has 0 saturated heterocycles. The molecule has 3 N–H and O–H groups in total. The Kier molecular flexibility index (Phi) is 4.07. The Morgan fingerprint density at radius 3 is 3.07 bits per heavy atom. The number of rotatable bonds is 5. The van der Waals surface area contributed by atoms with Crippen LogP contribution in [0.25, 0.3) is 0 Å². The first-order chi connectivity index (χ1) is 6.70. The van der Waals surface area contributed by atoms with Crippen LogP contribution < -0.4 is 11.1 Å². The van der Waals surface area contributed by atoms with Gasteiger partial charge in [0.1, 0.15) is 0 Å². The Labute approximate surface area is 83.5 Å². The third kappa shape index (κ3) is 3.53. The van der Waals surface area contributed by atoms with Gasteiger partial charge in [0.05, 0.1) is 0 Å². The van der Waals surface area contributed by atoms with Crippen molar-refractivity contribution < 1.29 is 4.79 Å². The van der Waals surface area contributed by atoms with Gasteiger partial charge in [-0.3, -0.25) is 9.78 Å². The van der Waals surface area contributed by atoms with Gasteiger partial charge in [-0.2, -0.15) is 0 Å².